The van der Waals surface area contributed by atoms with E-state index in [4.69, 9.17) is 16.9 Å². The molecule has 3 rings (SSSR count). The Morgan fingerprint density at radius 3 is 2.70 bits per heavy atom. The van der Waals surface area contributed by atoms with Crippen molar-refractivity contribution < 1.29 is 0 Å². The van der Waals surface area contributed by atoms with Crippen LogP contribution in [0.2, 0.25) is 5.02 Å². The number of piperazine rings is 1. The third-order valence-electron chi connectivity index (χ3n) is 4.06. The summed E-state index contributed by atoms with van der Waals surface area (Å²) in [5.74, 6) is 0. The summed E-state index contributed by atoms with van der Waals surface area (Å²) in [6, 6.07) is 18.4. The van der Waals surface area contributed by atoms with Crippen LogP contribution in [0.4, 0.5) is 0 Å². The van der Waals surface area contributed by atoms with E-state index in [9.17, 15) is 0 Å². The highest BCUT2D eigenvalue weighted by Crippen LogP contribution is 2.26. The molecule has 1 aliphatic rings. The Labute approximate surface area is 148 Å². The predicted octanol–water partition coefficient (Wildman–Crippen LogP) is 3.78. The molecule has 1 heterocycles. The van der Waals surface area contributed by atoms with E-state index < -0.39 is 0 Å². The van der Waals surface area contributed by atoms with Gasteiger partial charge in [-0.25, -0.2) is 0 Å². The van der Waals surface area contributed by atoms with Crippen LogP contribution in [0.3, 0.4) is 0 Å². The number of nitriles is 1. The maximum atomic E-state index is 8.89. The summed E-state index contributed by atoms with van der Waals surface area (Å²) in [6.07, 6.45) is 0. The number of halogens is 2. The normalized spacial score (nSPS) is 18.0. The van der Waals surface area contributed by atoms with E-state index in [1.165, 1.54) is 11.1 Å². The van der Waals surface area contributed by atoms with Gasteiger partial charge in [-0.15, -0.1) is 12.4 Å². The summed E-state index contributed by atoms with van der Waals surface area (Å²) in [6.45, 7) is 3.80. The predicted molar refractivity (Wildman–Crippen MR) is 95.9 cm³/mol. The lowest BCUT2D eigenvalue weighted by Gasteiger charge is -2.36. The summed E-state index contributed by atoms with van der Waals surface area (Å²) in [5, 5.41) is 13.1. The van der Waals surface area contributed by atoms with Gasteiger partial charge in [-0.1, -0.05) is 35.9 Å². The van der Waals surface area contributed by atoms with Crippen molar-refractivity contribution in [3.63, 3.8) is 0 Å². The highest BCUT2D eigenvalue weighted by molar-refractivity contribution is 6.30. The molecule has 1 aliphatic heterocycles. The van der Waals surface area contributed by atoms with E-state index in [1.54, 1.807) is 0 Å². The molecule has 0 aromatic heterocycles. The second-order valence-electron chi connectivity index (χ2n) is 5.55. The van der Waals surface area contributed by atoms with Gasteiger partial charge in [0.15, 0.2) is 0 Å². The van der Waals surface area contributed by atoms with Gasteiger partial charge in [0.25, 0.3) is 0 Å². The molecular formula is C18H19Cl2N3. The fourth-order valence-corrected chi connectivity index (χ4v) is 3.10. The molecule has 1 saturated heterocycles. The van der Waals surface area contributed by atoms with E-state index in [-0.39, 0.29) is 12.4 Å². The Hall–Kier alpha value is -1.57. The lowest BCUT2D eigenvalue weighted by atomic mass is 10.0. The molecule has 1 N–H and O–H groups in total. The number of nitrogens with one attached hydrogen (secondary N) is 1. The Bertz CT molecular complexity index is 679. The van der Waals surface area contributed by atoms with E-state index in [2.05, 4.69) is 22.4 Å². The highest BCUT2D eigenvalue weighted by Gasteiger charge is 2.23. The smallest absolute Gasteiger partial charge is 0.0991 e. The van der Waals surface area contributed by atoms with Crippen molar-refractivity contribution in [2.75, 3.05) is 19.6 Å². The fraction of sp³-hybridized carbons (Fsp3) is 0.278. The third kappa shape index (κ3) is 4.46. The van der Waals surface area contributed by atoms with Gasteiger partial charge in [0.2, 0.25) is 0 Å². The first kappa shape index (κ1) is 17.8. The van der Waals surface area contributed by atoms with Gasteiger partial charge in [-0.3, -0.25) is 4.90 Å². The number of nitrogens with zero attached hydrogens (tertiary/aromatic N) is 2. The average Bonchev–Trinajstić information content (AvgIpc) is 2.56. The Kier molecular flexibility index (Phi) is 6.44. The Balaban J connectivity index is 0.00000192. The number of hydrogen-bond acceptors (Lipinski definition) is 3. The van der Waals surface area contributed by atoms with Gasteiger partial charge in [-0.2, -0.15) is 5.26 Å². The molecule has 0 spiro atoms. The monoisotopic (exact) mass is 347 g/mol. The molecule has 1 unspecified atom stereocenters. The fourth-order valence-electron chi connectivity index (χ4n) is 2.90. The second kappa shape index (κ2) is 8.33. The molecule has 1 fully saturated rings. The minimum Gasteiger partial charge on any atom is -0.314 e. The number of benzene rings is 2. The molecule has 2 aromatic carbocycles. The van der Waals surface area contributed by atoms with Crippen LogP contribution in [-0.4, -0.2) is 24.5 Å². The molecule has 0 aliphatic carbocycles. The minimum absolute atomic E-state index is 0. The van der Waals surface area contributed by atoms with Crippen LogP contribution in [0.25, 0.3) is 0 Å². The van der Waals surface area contributed by atoms with Crippen LogP contribution >= 0.6 is 24.0 Å². The lowest BCUT2D eigenvalue weighted by molar-refractivity contribution is 0.154. The van der Waals surface area contributed by atoms with Gasteiger partial charge in [-0.05, 0) is 35.4 Å². The topological polar surface area (TPSA) is 39.1 Å². The molecule has 23 heavy (non-hydrogen) atoms. The van der Waals surface area contributed by atoms with Gasteiger partial charge in [0, 0.05) is 37.2 Å². The number of rotatable bonds is 3. The Morgan fingerprint density at radius 1 is 1.22 bits per heavy atom. The molecular weight excluding hydrogens is 329 g/mol. The Morgan fingerprint density at radius 2 is 2.00 bits per heavy atom. The van der Waals surface area contributed by atoms with Crippen molar-refractivity contribution in [1.82, 2.24) is 10.2 Å². The number of hydrogen-bond donors (Lipinski definition) is 1. The maximum absolute atomic E-state index is 8.89. The molecule has 0 amide bonds. The van der Waals surface area contributed by atoms with E-state index in [0.717, 1.165) is 31.2 Å². The van der Waals surface area contributed by atoms with Gasteiger partial charge < -0.3 is 5.32 Å². The molecule has 0 radical (unpaired) electrons. The summed E-state index contributed by atoms with van der Waals surface area (Å²) < 4.78 is 0. The lowest BCUT2D eigenvalue weighted by Crippen LogP contribution is -2.45. The molecule has 0 bridgehead atoms. The molecule has 3 nitrogen and oxygen atoms in total. The largest absolute Gasteiger partial charge is 0.314 e. The van der Waals surface area contributed by atoms with Crippen LogP contribution in [0, 0.1) is 11.3 Å². The molecule has 1 atom stereocenters. The molecule has 2 aromatic rings. The van der Waals surface area contributed by atoms with Gasteiger partial charge in [0.05, 0.1) is 11.6 Å². The van der Waals surface area contributed by atoms with Crippen molar-refractivity contribution in [2.24, 2.45) is 0 Å². The third-order valence-corrected chi connectivity index (χ3v) is 4.29. The average molecular weight is 348 g/mol. The zero-order valence-electron chi connectivity index (χ0n) is 12.7. The first-order valence-corrected chi connectivity index (χ1v) is 7.83. The van der Waals surface area contributed by atoms with Crippen molar-refractivity contribution in [2.45, 2.75) is 12.6 Å². The zero-order chi connectivity index (χ0) is 15.4. The molecule has 120 valence electrons. The van der Waals surface area contributed by atoms with Gasteiger partial charge >= 0.3 is 0 Å². The summed E-state index contributed by atoms with van der Waals surface area (Å²) >= 11 is 6.14. The van der Waals surface area contributed by atoms with E-state index in [0.29, 0.717) is 11.6 Å². The minimum atomic E-state index is 0. The van der Waals surface area contributed by atoms with E-state index >= 15 is 0 Å². The first-order valence-electron chi connectivity index (χ1n) is 7.45. The summed E-state index contributed by atoms with van der Waals surface area (Å²) in [5.41, 5.74) is 3.18. The van der Waals surface area contributed by atoms with Crippen LogP contribution in [0.5, 0.6) is 0 Å². The van der Waals surface area contributed by atoms with Crippen LogP contribution in [-0.2, 0) is 6.54 Å². The highest BCUT2D eigenvalue weighted by atomic mass is 35.5. The zero-order valence-corrected chi connectivity index (χ0v) is 14.3. The van der Waals surface area contributed by atoms with Crippen molar-refractivity contribution in [3.8, 4) is 6.07 Å². The maximum Gasteiger partial charge on any atom is 0.0991 e. The summed E-state index contributed by atoms with van der Waals surface area (Å²) in [7, 11) is 0. The van der Waals surface area contributed by atoms with Crippen LogP contribution in [0.15, 0.2) is 48.5 Å². The molecule has 5 heteroatoms. The van der Waals surface area contributed by atoms with Crippen molar-refractivity contribution in [3.05, 3.63) is 70.2 Å². The van der Waals surface area contributed by atoms with E-state index in [1.807, 2.05) is 42.5 Å². The SMILES string of the molecule is Cl.N#Cc1ccc(CN2CCNCC2c2cccc(Cl)c2)cc1. The van der Waals surface area contributed by atoms with Crippen molar-refractivity contribution >= 4 is 24.0 Å². The quantitative estimate of drug-likeness (QED) is 0.918. The van der Waals surface area contributed by atoms with Gasteiger partial charge in [0.1, 0.15) is 0 Å². The van der Waals surface area contributed by atoms with Crippen LogP contribution in [0.1, 0.15) is 22.7 Å². The summed E-state index contributed by atoms with van der Waals surface area (Å²) in [4.78, 5) is 2.46. The standard InChI is InChI=1S/C18H18ClN3.ClH/c19-17-3-1-2-16(10-17)18-12-21-8-9-22(18)13-15-6-4-14(11-20)5-7-15;/h1-7,10,18,21H,8-9,12-13H2;1H. The molecule has 0 saturated carbocycles. The van der Waals surface area contributed by atoms with Crippen molar-refractivity contribution in [1.29, 1.82) is 5.26 Å². The first-order chi connectivity index (χ1) is 10.8. The van der Waals surface area contributed by atoms with Crippen LogP contribution < -0.4 is 5.32 Å². The second-order valence-corrected chi connectivity index (χ2v) is 5.99.